The number of nitro groups is 1. The van der Waals surface area contributed by atoms with Gasteiger partial charge in [0.2, 0.25) is 0 Å². The van der Waals surface area contributed by atoms with E-state index in [1.54, 1.807) is 13.8 Å². The maximum absolute atomic E-state index is 11.8. The Morgan fingerprint density at radius 1 is 1.33 bits per heavy atom. The highest BCUT2D eigenvalue weighted by Crippen LogP contribution is 2.20. The standard InChI is InChI=1S/C12H15N3O6/c1-4-20-11(16)8(12(17)21-5-2)6-9-10(15(18)19)14(3)7-13-9/h6-7H,4-5H2,1-3H3. The normalized spacial score (nSPS) is 9.86. The van der Waals surface area contributed by atoms with Crippen LogP contribution in [0.3, 0.4) is 0 Å². The molecule has 0 unspecified atom stereocenters. The lowest BCUT2D eigenvalue weighted by atomic mass is 10.2. The van der Waals surface area contributed by atoms with Crippen LogP contribution in [0.15, 0.2) is 11.9 Å². The molecule has 0 atom stereocenters. The molecular formula is C12H15N3O6. The fraction of sp³-hybridized carbons (Fsp3) is 0.417. The number of esters is 2. The Morgan fingerprint density at radius 2 is 1.86 bits per heavy atom. The summed E-state index contributed by atoms with van der Waals surface area (Å²) in [6, 6.07) is 0. The molecule has 0 aliphatic carbocycles. The molecule has 0 saturated carbocycles. The second kappa shape index (κ2) is 7.17. The van der Waals surface area contributed by atoms with Crippen molar-refractivity contribution in [2.24, 2.45) is 7.05 Å². The van der Waals surface area contributed by atoms with Crippen molar-refractivity contribution in [2.75, 3.05) is 13.2 Å². The molecule has 0 radical (unpaired) electrons. The summed E-state index contributed by atoms with van der Waals surface area (Å²) in [7, 11) is 1.43. The minimum Gasteiger partial charge on any atom is -0.462 e. The molecule has 0 amide bonds. The molecule has 1 rings (SSSR count). The highest BCUT2D eigenvalue weighted by atomic mass is 16.6. The van der Waals surface area contributed by atoms with E-state index in [1.807, 2.05) is 0 Å². The lowest BCUT2D eigenvalue weighted by molar-refractivity contribution is -0.392. The summed E-state index contributed by atoms with van der Waals surface area (Å²) < 4.78 is 10.6. The minimum absolute atomic E-state index is 0.0554. The van der Waals surface area contributed by atoms with Crippen LogP contribution < -0.4 is 0 Å². The van der Waals surface area contributed by atoms with Crippen LogP contribution >= 0.6 is 0 Å². The first-order valence-corrected chi connectivity index (χ1v) is 6.13. The van der Waals surface area contributed by atoms with Crippen LogP contribution in [0, 0.1) is 10.1 Å². The van der Waals surface area contributed by atoms with Gasteiger partial charge in [-0.3, -0.25) is 0 Å². The molecule has 9 nitrogen and oxygen atoms in total. The Balaban J connectivity index is 3.28. The van der Waals surface area contributed by atoms with Crippen LogP contribution in [0.25, 0.3) is 6.08 Å². The lowest BCUT2D eigenvalue weighted by Crippen LogP contribution is -2.18. The SMILES string of the molecule is CCOC(=O)C(=Cc1ncn(C)c1[N+](=O)[O-])C(=O)OCC. The summed E-state index contributed by atoms with van der Waals surface area (Å²) in [4.78, 5) is 37.6. The zero-order valence-electron chi connectivity index (χ0n) is 11.9. The predicted molar refractivity (Wildman–Crippen MR) is 71.1 cm³/mol. The van der Waals surface area contributed by atoms with E-state index in [1.165, 1.54) is 17.9 Å². The third-order valence-corrected chi connectivity index (χ3v) is 2.38. The van der Waals surface area contributed by atoms with E-state index in [4.69, 9.17) is 9.47 Å². The summed E-state index contributed by atoms with van der Waals surface area (Å²) in [5.41, 5.74) is -0.570. The fourth-order valence-corrected chi connectivity index (χ4v) is 1.52. The number of carbonyl (C=O) groups is 2. The van der Waals surface area contributed by atoms with Gasteiger partial charge >= 0.3 is 17.8 Å². The van der Waals surface area contributed by atoms with E-state index < -0.39 is 22.4 Å². The molecule has 0 fully saturated rings. The average molecular weight is 297 g/mol. The van der Waals surface area contributed by atoms with Gasteiger partial charge in [-0.15, -0.1) is 0 Å². The number of imidazole rings is 1. The fourth-order valence-electron chi connectivity index (χ4n) is 1.52. The van der Waals surface area contributed by atoms with Crippen molar-refractivity contribution in [3.63, 3.8) is 0 Å². The average Bonchev–Trinajstić information content (AvgIpc) is 2.77. The van der Waals surface area contributed by atoms with Gasteiger partial charge in [-0.05, 0) is 24.8 Å². The number of ether oxygens (including phenoxy) is 2. The van der Waals surface area contributed by atoms with Gasteiger partial charge in [-0.2, -0.15) is 0 Å². The van der Waals surface area contributed by atoms with Crippen LogP contribution in [0.1, 0.15) is 19.5 Å². The van der Waals surface area contributed by atoms with E-state index in [-0.39, 0.29) is 24.7 Å². The van der Waals surface area contributed by atoms with Crippen molar-refractivity contribution < 1.29 is 24.0 Å². The molecule has 114 valence electrons. The van der Waals surface area contributed by atoms with E-state index in [0.717, 1.165) is 6.08 Å². The number of hydrogen-bond acceptors (Lipinski definition) is 7. The molecule has 0 spiro atoms. The van der Waals surface area contributed by atoms with Crippen molar-refractivity contribution >= 4 is 23.8 Å². The summed E-state index contributed by atoms with van der Waals surface area (Å²) in [5, 5.41) is 11.0. The van der Waals surface area contributed by atoms with Gasteiger partial charge in [0.25, 0.3) is 0 Å². The predicted octanol–water partition coefficient (Wildman–Crippen LogP) is 0.838. The third-order valence-electron chi connectivity index (χ3n) is 2.38. The molecule has 0 bridgehead atoms. The Hall–Kier alpha value is -2.71. The molecule has 0 aromatic carbocycles. The molecule has 0 aliphatic heterocycles. The van der Waals surface area contributed by atoms with E-state index in [9.17, 15) is 19.7 Å². The maximum Gasteiger partial charge on any atom is 0.349 e. The zero-order valence-corrected chi connectivity index (χ0v) is 11.9. The monoisotopic (exact) mass is 297 g/mol. The van der Waals surface area contributed by atoms with E-state index in [0.29, 0.717) is 0 Å². The van der Waals surface area contributed by atoms with Gasteiger partial charge in [0.05, 0.1) is 20.3 Å². The summed E-state index contributed by atoms with van der Waals surface area (Å²) in [6.07, 6.45) is 2.20. The molecule has 1 aromatic rings. The topological polar surface area (TPSA) is 114 Å². The number of rotatable bonds is 6. The highest BCUT2D eigenvalue weighted by molar-refractivity contribution is 6.17. The number of aromatic nitrogens is 2. The van der Waals surface area contributed by atoms with Crippen molar-refractivity contribution in [2.45, 2.75) is 13.8 Å². The van der Waals surface area contributed by atoms with E-state index in [2.05, 4.69) is 4.98 Å². The molecule has 0 aliphatic rings. The third kappa shape index (κ3) is 3.88. The molecule has 0 saturated heterocycles. The quantitative estimate of drug-likeness (QED) is 0.191. The van der Waals surface area contributed by atoms with Gasteiger partial charge in [-0.25, -0.2) is 19.1 Å². The Morgan fingerprint density at radius 3 is 2.29 bits per heavy atom. The van der Waals surface area contributed by atoms with Crippen LogP contribution in [0.5, 0.6) is 0 Å². The highest BCUT2D eigenvalue weighted by Gasteiger charge is 2.25. The Kier molecular flexibility index (Phi) is 5.58. The van der Waals surface area contributed by atoms with Gasteiger partial charge in [0.1, 0.15) is 5.57 Å². The van der Waals surface area contributed by atoms with Gasteiger partial charge in [0.15, 0.2) is 12.0 Å². The molecule has 1 heterocycles. The summed E-state index contributed by atoms with van der Waals surface area (Å²) in [6.45, 7) is 3.26. The number of hydrogen-bond donors (Lipinski definition) is 0. The molecule has 9 heteroatoms. The molecule has 21 heavy (non-hydrogen) atoms. The van der Waals surface area contributed by atoms with Gasteiger partial charge < -0.3 is 19.6 Å². The van der Waals surface area contributed by atoms with Crippen LogP contribution in [-0.2, 0) is 26.1 Å². The zero-order chi connectivity index (χ0) is 16.0. The van der Waals surface area contributed by atoms with Crippen molar-refractivity contribution in [3.05, 3.63) is 27.7 Å². The van der Waals surface area contributed by atoms with E-state index >= 15 is 0 Å². The van der Waals surface area contributed by atoms with Crippen molar-refractivity contribution in [3.8, 4) is 0 Å². The Bertz CT molecular complexity index is 570. The number of nitrogens with zero attached hydrogens (tertiary/aromatic N) is 3. The minimum atomic E-state index is -0.920. The van der Waals surface area contributed by atoms with Crippen LogP contribution in [-0.4, -0.2) is 39.6 Å². The second-order valence-corrected chi connectivity index (χ2v) is 3.82. The van der Waals surface area contributed by atoms with Crippen LogP contribution in [0.2, 0.25) is 0 Å². The summed E-state index contributed by atoms with van der Waals surface area (Å²) in [5.74, 6) is -2.19. The van der Waals surface area contributed by atoms with Gasteiger partial charge in [-0.1, -0.05) is 0 Å². The van der Waals surface area contributed by atoms with Crippen molar-refractivity contribution in [1.29, 1.82) is 0 Å². The number of aryl methyl sites for hydroxylation is 1. The first-order valence-electron chi connectivity index (χ1n) is 6.13. The van der Waals surface area contributed by atoms with Crippen molar-refractivity contribution in [1.82, 2.24) is 9.55 Å². The molecule has 1 aromatic heterocycles. The second-order valence-electron chi connectivity index (χ2n) is 3.82. The summed E-state index contributed by atoms with van der Waals surface area (Å²) >= 11 is 0. The molecule has 0 N–H and O–H groups in total. The smallest absolute Gasteiger partial charge is 0.349 e. The Labute approximate surface area is 120 Å². The largest absolute Gasteiger partial charge is 0.462 e. The lowest BCUT2D eigenvalue weighted by Gasteiger charge is -2.05. The van der Waals surface area contributed by atoms with Crippen LogP contribution in [0.4, 0.5) is 5.82 Å². The first-order chi connectivity index (χ1) is 9.92. The maximum atomic E-state index is 11.8. The number of carbonyl (C=O) groups excluding carboxylic acids is 2. The van der Waals surface area contributed by atoms with Gasteiger partial charge in [0, 0.05) is 0 Å². The molecular weight excluding hydrogens is 282 g/mol. The first kappa shape index (κ1) is 16.3.